The smallest absolute Gasteiger partial charge is 0.338 e. The lowest BCUT2D eigenvalue weighted by atomic mass is 10.0. The van der Waals surface area contributed by atoms with E-state index in [0.717, 1.165) is 38.4 Å². The van der Waals surface area contributed by atoms with E-state index < -0.39 is 10.9 Å². The van der Waals surface area contributed by atoms with Gasteiger partial charge in [0.05, 0.1) is 16.2 Å². The summed E-state index contributed by atoms with van der Waals surface area (Å²) in [5.74, 6) is -0.542. The molecule has 1 atom stereocenters. The van der Waals surface area contributed by atoms with Gasteiger partial charge in [-0.1, -0.05) is 13.3 Å². The lowest BCUT2D eigenvalue weighted by molar-refractivity contribution is -0.384. The largest absolute Gasteiger partial charge is 0.478 e. The highest BCUT2D eigenvalue weighted by Gasteiger charge is 2.26. The summed E-state index contributed by atoms with van der Waals surface area (Å²) in [5, 5.41) is 20.0. The van der Waals surface area contributed by atoms with E-state index in [-0.39, 0.29) is 11.3 Å². The zero-order valence-corrected chi connectivity index (χ0v) is 11.4. The Labute approximate surface area is 117 Å². The maximum atomic E-state index is 11.3. The molecular weight excluding hydrogens is 260 g/mol. The molecule has 6 heteroatoms. The molecule has 1 aliphatic rings. The van der Waals surface area contributed by atoms with Gasteiger partial charge in [0.2, 0.25) is 0 Å². The Morgan fingerprint density at radius 1 is 1.55 bits per heavy atom. The van der Waals surface area contributed by atoms with E-state index in [4.69, 9.17) is 0 Å². The van der Waals surface area contributed by atoms with Crippen molar-refractivity contribution in [3.05, 3.63) is 33.9 Å². The molecule has 0 spiro atoms. The van der Waals surface area contributed by atoms with Crippen molar-refractivity contribution in [3.63, 3.8) is 0 Å². The molecule has 6 nitrogen and oxygen atoms in total. The van der Waals surface area contributed by atoms with Gasteiger partial charge in [-0.15, -0.1) is 0 Å². The Bertz CT molecular complexity index is 530. The summed E-state index contributed by atoms with van der Waals surface area (Å²) in [6, 6.07) is 4.07. The summed E-state index contributed by atoms with van der Waals surface area (Å²) in [7, 11) is 0. The van der Waals surface area contributed by atoms with Gasteiger partial charge >= 0.3 is 5.97 Å². The third-order valence-electron chi connectivity index (χ3n) is 3.74. The number of anilines is 1. The van der Waals surface area contributed by atoms with E-state index >= 15 is 0 Å². The quantitative estimate of drug-likeness (QED) is 0.661. The fraction of sp³-hybridized carbons (Fsp3) is 0.500. The molecule has 1 fully saturated rings. The first-order chi connectivity index (χ1) is 9.52. The summed E-state index contributed by atoms with van der Waals surface area (Å²) in [5.41, 5.74) is 0.411. The van der Waals surface area contributed by atoms with Crippen LogP contribution in [0.5, 0.6) is 0 Å². The predicted molar refractivity (Wildman–Crippen MR) is 75.3 cm³/mol. The molecule has 108 valence electrons. The Morgan fingerprint density at radius 3 is 2.90 bits per heavy atom. The van der Waals surface area contributed by atoms with Gasteiger partial charge < -0.3 is 10.0 Å². The zero-order valence-electron chi connectivity index (χ0n) is 11.4. The molecule has 20 heavy (non-hydrogen) atoms. The number of nitro benzene ring substituents is 1. The molecule has 0 amide bonds. The van der Waals surface area contributed by atoms with Gasteiger partial charge in [-0.25, -0.2) is 4.79 Å². The maximum absolute atomic E-state index is 11.3. The molecule has 1 aromatic rings. The summed E-state index contributed by atoms with van der Waals surface area (Å²) in [6.45, 7) is 3.77. The number of nitro groups is 1. The van der Waals surface area contributed by atoms with E-state index in [9.17, 15) is 20.0 Å². The van der Waals surface area contributed by atoms with Crippen LogP contribution in [0.2, 0.25) is 0 Å². The minimum Gasteiger partial charge on any atom is -0.478 e. The molecule has 1 heterocycles. The SMILES string of the molecule is CCCC1CCN(c2ccc([N+](=O)[O-])cc2C(=O)O)C1. The second-order valence-electron chi connectivity index (χ2n) is 5.15. The number of benzene rings is 1. The van der Waals surface area contributed by atoms with Crippen molar-refractivity contribution in [2.24, 2.45) is 5.92 Å². The third kappa shape index (κ3) is 2.89. The summed E-state index contributed by atoms with van der Waals surface area (Å²) < 4.78 is 0. The molecule has 0 saturated carbocycles. The average Bonchev–Trinajstić information content (AvgIpc) is 2.86. The highest BCUT2D eigenvalue weighted by molar-refractivity contribution is 5.95. The highest BCUT2D eigenvalue weighted by Crippen LogP contribution is 2.31. The fourth-order valence-electron chi connectivity index (χ4n) is 2.78. The molecule has 0 bridgehead atoms. The topological polar surface area (TPSA) is 83.7 Å². The third-order valence-corrected chi connectivity index (χ3v) is 3.74. The van der Waals surface area contributed by atoms with Crippen molar-refractivity contribution in [1.29, 1.82) is 0 Å². The summed E-state index contributed by atoms with van der Waals surface area (Å²) >= 11 is 0. The number of carbonyl (C=O) groups is 1. The minimum atomic E-state index is -1.12. The van der Waals surface area contributed by atoms with E-state index in [1.54, 1.807) is 6.07 Å². The van der Waals surface area contributed by atoms with Crippen LogP contribution < -0.4 is 4.90 Å². The molecule has 0 radical (unpaired) electrons. The molecule has 2 rings (SSSR count). The van der Waals surface area contributed by atoms with Crippen molar-refractivity contribution in [1.82, 2.24) is 0 Å². The number of carboxylic acids is 1. The van der Waals surface area contributed by atoms with E-state index in [1.165, 1.54) is 6.07 Å². The number of hydrogen-bond donors (Lipinski definition) is 1. The van der Waals surface area contributed by atoms with Crippen molar-refractivity contribution >= 4 is 17.3 Å². The zero-order chi connectivity index (χ0) is 14.7. The Kier molecular flexibility index (Phi) is 4.22. The van der Waals surface area contributed by atoms with Crippen molar-refractivity contribution in [3.8, 4) is 0 Å². The normalized spacial score (nSPS) is 18.2. The van der Waals surface area contributed by atoms with Crippen LogP contribution in [0.25, 0.3) is 0 Å². The van der Waals surface area contributed by atoms with Crippen molar-refractivity contribution in [2.45, 2.75) is 26.2 Å². The highest BCUT2D eigenvalue weighted by atomic mass is 16.6. The van der Waals surface area contributed by atoms with Crippen molar-refractivity contribution < 1.29 is 14.8 Å². The molecule has 0 aliphatic carbocycles. The first kappa shape index (κ1) is 14.3. The fourth-order valence-corrected chi connectivity index (χ4v) is 2.78. The molecule has 0 aromatic heterocycles. The van der Waals surface area contributed by atoms with Crippen LogP contribution in [0.15, 0.2) is 18.2 Å². The van der Waals surface area contributed by atoms with Gasteiger partial charge in [0.25, 0.3) is 5.69 Å². The second kappa shape index (κ2) is 5.90. The molecular formula is C14H18N2O4. The van der Waals surface area contributed by atoms with Crippen LogP contribution in [0.1, 0.15) is 36.5 Å². The van der Waals surface area contributed by atoms with Crippen LogP contribution in [0, 0.1) is 16.0 Å². The van der Waals surface area contributed by atoms with E-state index in [0.29, 0.717) is 11.6 Å². The number of carboxylic acid groups (broad SMARTS) is 1. The maximum Gasteiger partial charge on any atom is 0.338 e. The number of non-ortho nitro benzene ring substituents is 1. The first-order valence-corrected chi connectivity index (χ1v) is 6.79. The van der Waals surface area contributed by atoms with Crippen LogP contribution in [-0.2, 0) is 0 Å². The number of hydrogen-bond acceptors (Lipinski definition) is 4. The molecule has 1 N–H and O–H groups in total. The Balaban J connectivity index is 2.28. The molecule has 1 unspecified atom stereocenters. The van der Waals surface area contributed by atoms with Crippen LogP contribution >= 0.6 is 0 Å². The van der Waals surface area contributed by atoms with E-state index in [2.05, 4.69) is 6.92 Å². The standard InChI is InChI=1S/C14H18N2O4/c1-2-3-10-6-7-15(9-10)13-5-4-11(16(19)20)8-12(13)14(17)18/h4-5,8,10H,2-3,6-7,9H2,1H3,(H,17,18). The van der Waals surface area contributed by atoms with Crippen LogP contribution in [-0.4, -0.2) is 29.1 Å². The summed E-state index contributed by atoms with van der Waals surface area (Å²) in [6.07, 6.45) is 3.29. The minimum absolute atomic E-state index is 0.0105. The van der Waals surface area contributed by atoms with Crippen molar-refractivity contribution in [2.75, 3.05) is 18.0 Å². The predicted octanol–water partition coefficient (Wildman–Crippen LogP) is 2.92. The van der Waals surface area contributed by atoms with Gasteiger partial charge in [0, 0.05) is 25.2 Å². The molecule has 1 aromatic carbocycles. The van der Waals surface area contributed by atoms with Gasteiger partial charge in [0.15, 0.2) is 0 Å². The first-order valence-electron chi connectivity index (χ1n) is 6.79. The number of aromatic carboxylic acids is 1. The van der Waals surface area contributed by atoms with Crippen LogP contribution in [0.3, 0.4) is 0 Å². The molecule has 1 saturated heterocycles. The second-order valence-corrected chi connectivity index (χ2v) is 5.15. The van der Waals surface area contributed by atoms with Gasteiger partial charge in [-0.2, -0.15) is 0 Å². The van der Waals surface area contributed by atoms with E-state index in [1.807, 2.05) is 4.90 Å². The van der Waals surface area contributed by atoms with Gasteiger partial charge in [0.1, 0.15) is 0 Å². The lowest BCUT2D eigenvalue weighted by Crippen LogP contribution is -2.22. The monoisotopic (exact) mass is 278 g/mol. The summed E-state index contributed by atoms with van der Waals surface area (Å²) in [4.78, 5) is 23.5. The number of nitrogens with zero attached hydrogens (tertiary/aromatic N) is 2. The molecule has 1 aliphatic heterocycles. The van der Waals surface area contributed by atoms with Gasteiger partial charge in [-0.3, -0.25) is 10.1 Å². The van der Waals surface area contributed by atoms with Gasteiger partial charge in [-0.05, 0) is 24.8 Å². The average molecular weight is 278 g/mol. The Hall–Kier alpha value is -2.11. The number of rotatable bonds is 5. The van der Waals surface area contributed by atoms with Crippen LogP contribution in [0.4, 0.5) is 11.4 Å². The Morgan fingerprint density at radius 2 is 2.30 bits per heavy atom. The lowest BCUT2D eigenvalue weighted by Gasteiger charge is -2.20.